The molecule has 62 valence electrons. The van der Waals surface area contributed by atoms with Gasteiger partial charge in [0, 0.05) is 6.54 Å². The van der Waals surface area contributed by atoms with Crippen LogP contribution in [-0.4, -0.2) is 5.11 Å². The van der Waals surface area contributed by atoms with Crippen LogP contribution >= 0.6 is 0 Å². The third kappa shape index (κ3) is 2.26. The van der Waals surface area contributed by atoms with Gasteiger partial charge in [0.25, 0.3) is 0 Å². The maximum absolute atomic E-state index is 8.80. The van der Waals surface area contributed by atoms with Crippen LogP contribution < -0.4 is 5.32 Å². The Morgan fingerprint density at radius 2 is 2.17 bits per heavy atom. The lowest BCUT2D eigenvalue weighted by Gasteiger charge is -2.00. The number of nitriles is 1. The molecular formula is C9H10N2O. The van der Waals surface area contributed by atoms with Crippen molar-refractivity contribution in [3.8, 4) is 6.19 Å². The number of rotatable bonds is 3. The molecule has 3 nitrogen and oxygen atoms in total. The fourth-order valence-corrected chi connectivity index (χ4v) is 0.980. The van der Waals surface area contributed by atoms with E-state index in [2.05, 4.69) is 5.32 Å². The molecule has 0 bridgehead atoms. The lowest BCUT2D eigenvalue weighted by Crippen LogP contribution is -2.04. The van der Waals surface area contributed by atoms with Gasteiger partial charge in [-0.3, -0.25) is 0 Å². The van der Waals surface area contributed by atoms with Crippen molar-refractivity contribution in [2.45, 2.75) is 13.2 Å². The fourth-order valence-electron chi connectivity index (χ4n) is 0.980. The summed E-state index contributed by atoms with van der Waals surface area (Å²) < 4.78 is 0. The van der Waals surface area contributed by atoms with Gasteiger partial charge in [-0.15, -0.1) is 0 Å². The average molecular weight is 162 g/mol. The van der Waals surface area contributed by atoms with Gasteiger partial charge in [-0.1, -0.05) is 24.3 Å². The molecular weight excluding hydrogens is 152 g/mol. The van der Waals surface area contributed by atoms with Crippen LogP contribution in [0.25, 0.3) is 0 Å². The summed E-state index contributed by atoms with van der Waals surface area (Å²) in [6, 6.07) is 7.48. The van der Waals surface area contributed by atoms with Gasteiger partial charge in [0.05, 0.1) is 6.61 Å². The zero-order valence-corrected chi connectivity index (χ0v) is 6.62. The summed E-state index contributed by atoms with van der Waals surface area (Å²) in [4.78, 5) is 0. The van der Waals surface area contributed by atoms with Gasteiger partial charge in [0.15, 0.2) is 6.19 Å². The quantitative estimate of drug-likeness (QED) is 0.509. The molecule has 0 aliphatic rings. The molecule has 0 saturated heterocycles. The van der Waals surface area contributed by atoms with Crippen molar-refractivity contribution in [3.63, 3.8) is 0 Å². The highest BCUT2D eigenvalue weighted by Gasteiger charge is 1.93. The Morgan fingerprint density at radius 3 is 2.83 bits per heavy atom. The minimum absolute atomic E-state index is 0.0421. The van der Waals surface area contributed by atoms with E-state index in [0.29, 0.717) is 6.54 Å². The van der Waals surface area contributed by atoms with Gasteiger partial charge in [-0.2, -0.15) is 5.26 Å². The zero-order chi connectivity index (χ0) is 8.81. The van der Waals surface area contributed by atoms with Crippen molar-refractivity contribution >= 4 is 0 Å². The van der Waals surface area contributed by atoms with Gasteiger partial charge in [0.1, 0.15) is 0 Å². The molecule has 0 atom stereocenters. The van der Waals surface area contributed by atoms with E-state index in [1.54, 1.807) is 0 Å². The molecule has 3 heteroatoms. The minimum atomic E-state index is 0.0421. The second-order valence-corrected chi connectivity index (χ2v) is 2.44. The third-order valence-electron chi connectivity index (χ3n) is 1.55. The van der Waals surface area contributed by atoms with E-state index in [0.717, 1.165) is 11.1 Å². The number of aliphatic hydroxyl groups is 1. The molecule has 0 unspecified atom stereocenters. The molecule has 0 radical (unpaired) electrons. The van der Waals surface area contributed by atoms with Crippen molar-refractivity contribution in [1.29, 1.82) is 5.26 Å². The smallest absolute Gasteiger partial charge is 0.176 e. The summed E-state index contributed by atoms with van der Waals surface area (Å²) in [6.45, 7) is 0.560. The van der Waals surface area contributed by atoms with E-state index < -0.39 is 0 Å². The maximum Gasteiger partial charge on any atom is 0.176 e. The van der Waals surface area contributed by atoms with Crippen LogP contribution in [0, 0.1) is 11.5 Å². The Morgan fingerprint density at radius 1 is 1.42 bits per heavy atom. The maximum atomic E-state index is 8.80. The molecule has 0 amide bonds. The molecule has 0 aliphatic carbocycles. The molecule has 0 heterocycles. The predicted octanol–water partition coefficient (Wildman–Crippen LogP) is 0.750. The Labute approximate surface area is 71.3 Å². The van der Waals surface area contributed by atoms with Crippen LogP contribution in [0.5, 0.6) is 0 Å². The van der Waals surface area contributed by atoms with Gasteiger partial charge >= 0.3 is 0 Å². The predicted molar refractivity (Wildman–Crippen MR) is 44.8 cm³/mol. The topological polar surface area (TPSA) is 56.0 Å². The first-order valence-electron chi connectivity index (χ1n) is 3.67. The number of hydrogen-bond acceptors (Lipinski definition) is 3. The first-order valence-corrected chi connectivity index (χ1v) is 3.67. The second kappa shape index (κ2) is 4.37. The lowest BCUT2D eigenvalue weighted by atomic mass is 10.1. The summed E-state index contributed by atoms with van der Waals surface area (Å²) >= 11 is 0. The number of nitrogens with zero attached hydrogens (tertiary/aromatic N) is 1. The fraction of sp³-hybridized carbons (Fsp3) is 0.222. The molecule has 1 aromatic rings. The Kier molecular flexibility index (Phi) is 3.12. The number of nitrogens with one attached hydrogen (secondary N) is 1. The zero-order valence-electron chi connectivity index (χ0n) is 6.62. The Hall–Kier alpha value is -1.53. The minimum Gasteiger partial charge on any atom is -0.392 e. The lowest BCUT2D eigenvalue weighted by molar-refractivity contribution is 0.281. The van der Waals surface area contributed by atoms with Gasteiger partial charge < -0.3 is 10.4 Å². The van der Waals surface area contributed by atoms with Gasteiger partial charge in [-0.05, 0) is 11.1 Å². The van der Waals surface area contributed by atoms with Crippen LogP contribution in [-0.2, 0) is 13.2 Å². The monoisotopic (exact) mass is 162 g/mol. The number of benzene rings is 1. The Bertz CT molecular complexity index is 291. The van der Waals surface area contributed by atoms with Crippen LogP contribution in [0.4, 0.5) is 0 Å². The highest BCUT2D eigenvalue weighted by atomic mass is 16.3. The van der Waals surface area contributed by atoms with Crippen molar-refractivity contribution in [2.24, 2.45) is 0 Å². The SMILES string of the molecule is N#CNCc1cccc(CO)c1. The van der Waals surface area contributed by atoms with Crippen LogP contribution in [0.1, 0.15) is 11.1 Å². The van der Waals surface area contributed by atoms with Crippen molar-refractivity contribution < 1.29 is 5.11 Å². The molecule has 0 aliphatic heterocycles. The molecule has 1 rings (SSSR count). The van der Waals surface area contributed by atoms with Crippen molar-refractivity contribution in [1.82, 2.24) is 5.32 Å². The highest BCUT2D eigenvalue weighted by Crippen LogP contribution is 2.04. The van der Waals surface area contributed by atoms with E-state index >= 15 is 0 Å². The molecule has 0 spiro atoms. The summed E-state index contributed by atoms with van der Waals surface area (Å²) in [7, 11) is 0. The molecule has 2 N–H and O–H groups in total. The van der Waals surface area contributed by atoms with Crippen LogP contribution in [0.2, 0.25) is 0 Å². The number of hydrogen-bond donors (Lipinski definition) is 2. The molecule has 0 fully saturated rings. The van der Waals surface area contributed by atoms with Gasteiger partial charge in [0.2, 0.25) is 0 Å². The molecule has 0 saturated carbocycles. The third-order valence-corrected chi connectivity index (χ3v) is 1.55. The van der Waals surface area contributed by atoms with Crippen LogP contribution in [0.15, 0.2) is 24.3 Å². The summed E-state index contributed by atoms with van der Waals surface area (Å²) in [5.74, 6) is 0. The van der Waals surface area contributed by atoms with Crippen LogP contribution in [0.3, 0.4) is 0 Å². The number of aliphatic hydroxyl groups excluding tert-OH is 1. The molecule has 1 aromatic carbocycles. The van der Waals surface area contributed by atoms with Gasteiger partial charge in [-0.25, -0.2) is 0 Å². The average Bonchev–Trinajstić information content (AvgIpc) is 2.15. The Balaban J connectivity index is 2.67. The summed E-state index contributed by atoms with van der Waals surface area (Å²) in [5.41, 5.74) is 1.87. The van der Waals surface area contributed by atoms with E-state index in [-0.39, 0.29) is 6.61 Å². The second-order valence-electron chi connectivity index (χ2n) is 2.44. The largest absolute Gasteiger partial charge is 0.392 e. The van der Waals surface area contributed by atoms with E-state index in [1.807, 2.05) is 30.5 Å². The first-order chi connectivity index (χ1) is 5.86. The molecule has 12 heavy (non-hydrogen) atoms. The highest BCUT2D eigenvalue weighted by molar-refractivity contribution is 5.22. The van der Waals surface area contributed by atoms with Crippen molar-refractivity contribution in [3.05, 3.63) is 35.4 Å². The molecule has 0 aromatic heterocycles. The summed E-state index contributed by atoms with van der Waals surface area (Å²) in [5, 5.41) is 19.6. The van der Waals surface area contributed by atoms with Crippen molar-refractivity contribution in [2.75, 3.05) is 0 Å². The standard InChI is InChI=1S/C9H10N2O/c10-7-11-5-8-2-1-3-9(4-8)6-12/h1-4,11-12H,5-6H2. The van der Waals surface area contributed by atoms with E-state index in [9.17, 15) is 0 Å². The normalized spacial score (nSPS) is 9.00. The first kappa shape index (κ1) is 8.57. The van der Waals surface area contributed by atoms with E-state index in [4.69, 9.17) is 10.4 Å². The van der Waals surface area contributed by atoms with E-state index in [1.165, 1.54) is 0 Å². The summed E-state index contributed by atoms with van der Waals surface area (Å²) in [6.07, 6.45) is 1.84.